The maximum Gasteiger partial charge on any atom is 0.0701 e. The molecule has 0 amide bonds. The molecule has 0 aliphatic rings. The molecule has 0 heterocycles. The third-order valence-corrected chi connectivity index (χ3v) is 0.667. The first-order chi connectivity index (χ1) is 3.91. The van der Waals surface area contributed by atoms with Crippen LogP contribution in [0.5, 0.6) is 0 Å². The van der Waals surface area contributed by atoms with E-state index < -0.39 is 0 Å². The Morgan fingerprint density at radius 3 is 2.33 bits per heavy atom. The van der Waals surface area contributed by atoms with Gasteiger partial charge in [-0.2, -0.15) is 6.15 Å². The molecule has 0 rings (SSSR count). The predicted molar refractivity (Wildman–Crippen MR) is 32.9 cm³/mol. The maximum absolute atomic E-state index is 8.20. The first-order valence-corrected chi connectivity index (χ1v) is 2.59. The van der Waals surface area contributed by atoms with E-state index in [4.69, 9.17) is 9.84 Å². The van der Waals surface area contributed by atoms with Crippen LogP contribution in [0.25, 0.3) is 0 Å². The van der Waals surface area contributed by atoms with Crippen LogP contribution in [-0.4, -0.2) is 38.6 Å². The zero-order chi connectivity index (χ0) is 6.24. The van der Waals surface area contributed by atoms with Crippen molar-refractivity contribution in [2.24, 2.45) is 0 Å². The molecule has 0 aliphatic heterocycles. The predicted octanol–water partition coefficient (Wildman–Crippen LogP) is -0.625. The lowest BCUT2D eigenvalue weighted by Crippen LogP contribution is -2.05. The normalized spacial score (nSPS) is 8.67. The van der Waals surface area contributed by atoms with E-state index >= 15 is 0 Å². The van der Waals surface area contributed by atoms with Crippen molar-refractivity contribution in [3.63, 3.8) is 0 Å². The Labute approximate surface area is 55.4 Å². The molecule has 0 saturated carbocycles. The van der Waals surface area contributed by atoms with Crippen molar-refractivity contribution >= 4 is 0 Å². The number of hydrogen-bond donors (Lipinski definition) is 1. The van der Waals surface area contributed by atoms with Crippen LogP contribution in [0.15, 0.2) is 0 Å². The van der Waals surface area contributed by atoms with Gasteiger partial charge in [-0.1, -0.05) is 0 Å². The lowest BCUT2D eigenvalue weighted by atomic mass is 10.7. The summed E-state index contributed by atoms with van der Waals surface area (Å²) in [5.41, 5.74) is 0. The molecule has 2 N–H and O–H groups in total. The van der Waals surface area contributed by atoms with Gasteiger partial charge >= 0.3 is 0 Å². The highest BCUT2D eigenvalue weighted by Gasteiger charge is 1.82. The molecule has 0 aromatic rings. The van der Waals surface area contributed by atoms with Gasteiger partial charge in [-0.25, -0.2) is 0 Å². The lowest BCUT2D eigenvalue weighted by molar-refractivity contribution is 0.0500. The minimum Gasteiger partial charge on any atom is -0.394 e. The van der Waals surface area contributed by atoms with Gasteiger partial charge < -0.3 is 14.6 Å². The van der Waals surface area contributed by atoms with Crippen molar-refractivity contribution in [2.75, 3.05) is 33.5 Å². The van der Waals surface area contributed by atoms with E-state index in [9.17, 15) is 0 Å². The summed E-state index contributed by atoms with van der Waals surface area (Å²) in [6.45, 7) is 1.66. The van der Waals surface area contributed by atoms with E-state index in [1.807, 2.05) is 0 Å². The molecule has 0 atom stereocenters. The van der Waals surface area contributed by atoms with Crippen molar-refractivity contribution in [1.82, 2.24) is 6.15 Å². The minimum absolute atomic E-state index is 0. The van der Waals surface area contributed by atoms with Crippen LogP contribution in [0.3, 0.4) is 0 Å². The summed E-state index contributed by atoms with van der Waals surface area (Å²) in [4.78, 5) is 0. The number of aliphatic hydroxyl groups excluding tert-OH is 1. The van der Waals surface area contributed by atoms with E-state index in [0.717, 1.165) is 0 Å². The number of nitrogens with one attached hydrogen (secondary N) is 1. The second kappa shape index (κ2) is 10.8. The molecule has 2 radical (unpaired) electrons. The second-order valence-electron chi connectivity index (χ2n) is 1.33. The van der Waals surface area contributed by atoms with Crippen LogP contribution in [0.1, 0.15) is 0 Å². The van der Waals surface area contributed by atoms with Gasteiger partial charge in [0.1, 0.15) is 0 Å². The Kier molecular flexibility index (Phi) is 13.9. The van der Waals surface area contributed by atoms with Gasteiger partial charge in [-0.15, -0.1) is 0 Å². The topological polar surface area (TPSA) is 70.7 Å². The number of aliphatic hydroxyl groups is 1. The fourth-order valence-corrected chi connectivity index (χ4v) is 0.309. The first-order valence-electron chi connectivity index (χ1n) is 2.59. The van der Waals surface area contributed by atoms with Gasteiger partial charge in [0.15, 0.2) is 0 Å². The Bertz CT molecular complexity index is 37.2. The molecule has 4 heteroatoms. The van der Waals surface area contributed by atoms with E-state index in [-0.39, 0.29) is 12.8 Å². The minimum atomic E-state index is 0. The fraction of sp³-hybridized carbons (Fsp3) is 1.00. The second-order valence-corrected chi connectivity index (χ2v) is 1.33. The summed E-state index contributed by atoms with van der Waals surface area (Å²) in [6, 6.07) is 0. The Hall–Kier alpha value is -0.160. The van der Waals surface area contributed by atoms with Crippen LogP contribution in [-0.2, 0) is 9.47 Å². The molecule has 0 aliphatic carbocycles. The number of methoxy groups -OCH3 is 1. The molecule has 0 unspecified atom stereocenters. The number of rotatable bonds is 5. The molecule has 56 valence electrons. The van der Waals surface area contributed by atoms with Gasteiger partial charge in [0, 0.05) is 7.11 Å². The zero-order valence-corrected chi connectivity index (χ0v) is 5.59. The van der Waals surface area contributed by atoms with Gasteiger partial charge in [-0.05, 0) is 0 Å². The summed E-state index contributed by atoms with van der Waals surface area (Å²) in [5.74, 6) is 0. The Morgan fingerprint density at radius 2 is 1.89 bits per heavy atom. The van der Waals surface area contributed by atoms with Gasteiger partial charge in [0.2, 0.25) is 0 Å². The molecule has 0 fully saturated rings. The van der Waals surface area contributed by atoms with Crippen LogP contribution in [0, 0.1) is 0 Å². The summed E-state index contributed by atoms with van der Waals surface area (Å²) >= 11 is 0. The highest BCUT2D eigenvalue weighted by Crippen LogP contribution is 1.72. The summed E-state index contributed by atoms with van der Waals surface area (Å²) in [7, 11) is 1.61. The zero-order valence-electron chi connectivity index (χ0n) is 5.59. The monoisotopic (exact) mass is 135 g/mol. The quantitative estimate of drug-likeness (QED) is 0.510. The van der Waals surface area contributed by atoms with Crippen LogP contribution >= 0.6 is 0 Å². The molecule has 0 aromatic carbocycles. The Balaban J connectivity index is 0. The summed E-state index contributed by atoms with van der Waals surface area (Å²) in [6.07, 6.45) is 0. The molecule has 0 aromatic heterocycles. The van der Waals surface area contributed by atoms with E-state index in [0.29, 0.717) is 19.8 Å². The van der Waals surface area contributed by atoms with Gasteiger partial charge in [0.05, 0.1) is 26.4 Å². The SMILES string of the molecule is COCCOCCO.[NH]. The van der Waals surface area contributed by atoms with Crippen LogP contribution in [0.4, 0.5) is 0 Å². The van der Waals surface area contributed by atoms with Crippen molar-refractivity contribution < 1.29 is 14.6 Å². The molecule has 9 heavy (non-hydrogen) atoms. The Morgan fingerprint density at radius 1 is 1.22 bits per heavy atom. The van der Waals surface area contributed by atoms with Crippen LogP contribution in [0.2, 0.25) is 0 Å². The average Bonchev–Trinajstić information content (AvgIpc) is 1.81. The maximum atomic E-state index is 8.20. The summed E-state index contributed by atoms with van der Waals surface area (Å²) in [5, 5.41) is 8.20. The standard InChI is InChI=1S/C5H12O3.HN/c1-7-4-5-8-3-2-6;/h6H,2-5H2,1H3;1H. The molecule has 0 saturated heterocycles. The van der Waals surface area contributed by atoms with Gasteiger partial charge in [-0.3, -0.25) is 0 Å². The van der Waals surface area contributed by atoms with Gasteiger partial charge in [0.25, 0.3) is 0 Å². The molecule has 4 nitrogen and oxygen atoms in total. The van der Waals surface area contributed by atoms with Crippen molar-refractivity contribution in [2.45, 2.75) is 0 Å². The number of hydrogen-bond acceptors (Lipinski definition) is 3. The van der Waals surface area contributed by atoms with E-state index in [2.05, 4.69) is 4.74 Å². The van der Waals surface area contributed by atoms with E-state index in [1.54, 1.807) is 7.11 Å². The third-order valence-electron chi connectivity index (χ3n) is 0.667. The van der Waals surface area contributed by atoms with Crippen molar-refractivity contribution in [3.8, 4) is 0 Å². The molecule has 0 bridgehead atoms. The first kappa shape index (κ1) is 11.6. The number of ether oxygens (including phenoxy) is 2. The van der Waals surface area contributed by atoms with Crippen molar-refractivity contribution in [1.29, 1.82) is 0 Å². The average molecular weight is 135 g/mol. The largest absolute Gasteiger partial charge is 0.394 e. The molecular formula is C5H13NO3. The molecular weight excluding hydrogens is 122 g/mol. The highest BCUT2D eigenvalue weighted by molar-refractivity contribution is 4.26. The lowest BCUT2D eigenvalue weighted by Gasteiger charge is -1.98. The van der Waals surface area contributed by atoms with Crippen LogP contribution < -0.4 is 6.15 Å². The fourth-order valence-electron chi connectivity index (χ4n) is 0.309. The highest BCUT2D eigenvalue weighted by atomic mass is 16.5. The van der Waals surface area contributed by atoms with E-state index in [1.165, 1.54) is 0 Å². The summed E-state index contributed by atoms with van der Waals surface area (Å²) < 4.78 is 9.53. The van der Waals surface area contributed by atoms with Crippen molar-refractivity contribution in [3.05, 3.63) is 0 Å². The molecule has 0 spiro atoms. The third kappa shape index (κ3) is 11.4. The smallest absolute Gasteiger partial charge is 0.0701 e.